The second-order valence-corrected chi connectivity index (χ2v) is 4.97. The summed E-state index contributed by atoms with van der Waals surface area (Å²) in [4.78, 5) is 28.3. The van der Waals surface area contributed by atoms with Gasteiger partial charge in [0.1, 0.15) is 11.6 Å². The quantitative estimate of drug-likeness (QED) is 0.620. The molecular weight excluding hydrogens is 318 g/mol. The van der Waals surface area contributed by atoms with Gasteiger partial charge in [-0.1, -0.05) is 24.3 Å². The van der Waals surface area contributed by atoms with Gasteiger partial charge in [0.2, 0.25) is 0 Å². The summed E-state index contributed by atoms with van der Waals surface area (Å²) in [5.41, 5.74) is 0.694. The number of benzene rings is 1. The lowest BCUT2D eigenvalue weighted by Gasteiger charge is -2.08. The highest BCUT2D eigenvalue weighted by Gasteiger charge is 2.24. The van der Waals surface area contributed by atoms with Crippen LogP contribution in [0.15, 0.2) is 54.7 Å². The highest BCUT2D eigenvalue weighted by molar-refractivity contribution is 6.14. The number of para-hydroxylation sites is 1. The molecular formula is C19H17N3O3. The lowest BCUT2D eigenvalue weighted by molar-refractivity contribution is -0.126. The number of aromatic nitrogens is 1. The van der Waals surface area contributed by atoms with Crippen molar-refractivity contribution in [3.05, 3.63) is 60.3 Å². The van der Waals surface area contributed by atoms with E-state index in [2.05, 4.69) is 10.3 Å². The summed E-state index contributed by atoms with van der Waals surface area (Å²) >= 11 is 0. The van der Waals surface area contributed by atoms with Gasteiger partial charge in [-0.3, -0.25) is 9.59 Å². The number of nitrogens with one attached hydrogen (secondary N) is 1. The summed E-state index contributed by atoms with van der Waals surface area (Å²) in [5.74, 6) is -1.86. The van der Waals surface area contributed by atoms with E-state index < -0.39 is 17.6 Å². The second kappa shape index (κ2) is 8.99. The predicted molar refractivity (Wildman–Crippen MR) is 93.6 cm³/mol. The molecule has 0 aliphatic carbocycles. The third-order valence-corrected chi connectivity index (χ3v) is 3.24. The van der Waals surface area contributed by atoms with Crippen LogP contribution in [-0.2, 0) is 9.59 Å². The SMILES string of the molecule is CCOc1ccccc1C=CC(=O)C(C#N)C(=O)Nc1ccccn1. The average Bonchev–Trinajstić information content (AvgIpc) is 2.62. The molecule has 2 aromatic rings. The largest absolute Gasteiger partial charge is 0.493 e. The molecule has 1 aromatic heterocycles. The number of nitrogens with zero attached hydrogens (tertiary/aromatic N) is 2. The first kappa shape index (κ1) is 17.9. The molecule has 0 aliphatic rings. The van der Waals surface area contributed by atoms with Crippen LogP contribution < -0.4 is 10.1 Å². The van der Waals surface area contributed by atoms with E-state index >= 15 is 0 Å². The van der Waals surface area contributed by atoms with Crippen LogP contribution in [0.25, 0.3) is 6.08 Å². The number of nitriles is 1. The zero-order valence-electron chi connectivity index (χ0n) is 13.7. The van der Waals surface area contributed by atoms with Crippen LogP contribution >= 0.6 is 0 Å². The zero-order valence-corrected chi connectivity index (χ0v) is 13.7. The third-order valence-electron chi connectivity index (χ3n) is 3.24. The molecule has 6 nitrogen and oxygen atoms in total. The number of hydrogen-bond acceptors (Lipinski definition) is 5. The molecule has 25 heavy (non-hydrogen) atoms. The Kier molecular flexibility index (Phi) is 6.43. The Morgan fingerprint density at radius 2 is 2.04 bits per heavy atom. The molecule has 0 bridgehead atoms. The average molecular weight is 335 g/mol. The fraction of sp³-hybridized carbons (Fsp3) is 0.158. The normalized spacial score (nSPS) is 11.5. The van der Waals surface area contributed by atoms with Crippen molar-refractivity contribution in [2.24, 2.45) is 5.92 Å². The van der Waals surface area contributed by atoms with E-state index in [1.807, 2.05) is 19.1 Å². The van der Waals surface area contributed by atoms with E-state index in [0.717, 1.165) is 0 Å². The Bertz CT molecular complexity index is 810. The molecule has 1 N–H and O–H groups in total. The van der Waals surface area contributed by atoms with Gasteiger partial charge in [-0.25, -0.2) is 4.98 Å². The molecule has 0 aliphatic heterocycles. The van der Waals surface area contributed by atoms with Crippen LogP contribution in [0.5, 0.6) is 5.75 Å². The van der Waals surface area contributed by atoms with Gasteiger partial charge in [0.25, 0.3) is 5.91 Å². The van der Waals surface area contributed by atoms with Gasteiger partial charge in [-0.05, 0) is 37.3 Å². The summed E-state index contributed by atoms with van der Waals surface area (Å²) in [7, 11) is 0. The Morgan fingerprint density at radius 1 is 1.28 bits per heavy atom. The summed E-state index contributed by atoms with van der Waals surface area (Å²) in [6.45, 7) is 2.35. The number of hydrogen-bond donors (Lipinski definition) is 1. The van der Waals surface area contributed by atoms with Gasteiger partial charge in [0.05, 0.1) is 12.7 Å². The fourth-order valence-corrected chi connectivity index (χ4v) is 2.06. The van der Waals surface area contributed by atoms with Crippen molar-refractivity contribution in [2.75, 3.05) is 11.9 Å². The molecule has 1 amide bonds. The first-order chi connectivity index (χ1) is 12.2. The topological polar surface area (TPSA) is 92.1 Å². The summed E-state index contributed by atoms with van der Waals surface area (Å²) in [5, 5.41) is 11.6. The van der Waals surface area contributed by atoms with Crippen molar-refractivity contribution < 1.29 is 14.3 Å². The number of amides is 1. The van der Waals surface area contributed by atoms with Gasteiger partial charge in [0, 0.05) is 11.8 Å². The molecule has 6 heteroatoms. The Morgan fingerprint density at radius 3 is 2.72 bits per heavy atom. The van der Waals surface area contributed by atoms with Crippen molar-refractivity contribution in [3.8, 4) is 11.8 Å². The minimum absolute atomic E-state index is 0.284. The highest BCUT2D eigenvalue weighted by Crippen LogP contribution is 2.19. The van der Waals surface area contributed by atoms with Crippen molar-refractivity contribution in [1.29, 1.82) is 5.26 Å². The minimum Gasteiger partial charge on any atom is -0.493 e. The van der Waals surface area contributed by atoms with Crippen LogP contribution in [0.2, 0.25) is 0 Å². The van der Waals surface area contributed by atoms with Gasteiger partial charge < -0.3 is 10.1 Å². The number of ketones is 1. The van der Waals surface area contributed by atoms with Crippen LogP contribution in [-0.4, -0.2) is 23.3 Å². The van der Waals surface area contributed by atoms with Crippen LogP contribution in [0.4, 0.5) is 5.82 Å². The molecule has 126 valence electrons. The number of carbonyl (C=O) groups is 2. The van der Waals surface area contributed by atoms with E-state index in [1.54, 1.807) is 36.4 Å². The number of ether oxygens (including phenoxy) is 1. The Labute approximate surface area is 145 Å². The maximum atomic E-state index is 12.2. The van der Waals surface area contributed by atoms with Crippen LogP contribution in [0.1, 0.15) is 12.5 Å². The molecule has 2 rings (SSSR count). The summed E-state index contributed by atoms with van der Waals surface area (Å²) in [6, 6.07) is 13.9. The highest BCUT2D eigenvalue weighted by atomic mass is 16.5. The van der Waals surface area contributed by atoms with Crippen molar-refractivity contribution in [1.82, 2.24) is 4.98 Å². The first-order valence-corrected chi connectivity index (χ1v) is 7.71. The lowest BCUT2D eigenvalue weighted by Crippen LogP contribution is -2.27. The second-order valence-electron chi connectivity index (χ2n) is 4.97. The van der Waals surface area contributed by atoms with Gasteiger partial charge >= 0.3 is 0 Å². The third kappa shape index (κ3) is 5.01. The van der Waals surface area contributed by atoms with Gasteiger partial charge in [-0.2, -0.15) is 5.26 Å². The van der Waals surface area contributed by atoms with E-state index in [9.17, 15) is 14.9 Å². The lowest BCUT2D eigenvalue weighted by atomic mass is 10.0. The molecule has 1 unspecified atom stereocenters. The molecule has 0 fully saturated rings. The van der Waals surface area contributed by atoms with E-state index in [0.29, 0.717) is 17.9 Å². The maximum absolute atomic E-state index is 12.2. The predicted octanol–water partition coefficient (Wildman–Crippen LogP) is 2.84. The molecule has 1 aromatic carbocycles. The van der Waals surface area contributed by atoms with Gasteiger partial charge in [-0.15, -0.1) is 0 Å². The fourth-order valence-electron chi connectivity index (χ4n) is 2.06. The Hall–Kier alpha value is -3.46. The van der Waals surface area contributed by atoms with Crippen LogP contribution in [0, 0.1) is 17.2 Å². The van der Waals surface area contributed by atoms with E-state index in [4.69, 9.17) is 4.74 Å². The molecule has 1 atom stereocenters. The van der Waals surface area contributed by atoms with Crippen LogP contribution in [0.3, 0.4) is 0 Å². The molecule has 0 radical (unpaired) electrons. The minimum atomic E-state index is -1.45. The standard InChI is InChI=1S/C19H17N3O3/c1-2-25-17-8-4-3-7-14(17)10-11-16(23)15(13-20)19(24)22-18-9-5-6-12-21-18/h3-12,15H,2H2,1H3,(H,21,22,24). The zero-order chi connectivity index (χ0) is 18.1. The maximum Gasteiger partial charge on any atom is 0.250 e. The molecule has 0 saturated heterocycles. The number of pyridine rings is 1. The molecule has 0 saturated carbocycles. The Balaban J connectivity index is 2.10. The van der Waals surface area contributed by atoms with Crippen molar-refractivity contribution in [3.63, 3.8) is 0 Å². The van der Waals surface area contributed by atoms with E-state index in [1.165, 1.54) is 18.3 Å². The van der Waals surface area contributed by atoms with Crippen molar-refractivity contribution >= 4 is 23.6 Å². The summed E-state index contributed by atoms with van der Waals surface area (Å²) in [6.07, 6.45) is 4.25. The molecule has 0 spiro atoms. The van der Waals surface area contributed by atoms with Crippen molar-refractivity contribution in [2.45, 2.75) is 6.92 Å². The number of anilines is 1. The number of allylic oxidation sites excluding steroid dienone is 1. The van der Waals surface area contributed by atoms with E-state index in [-0.39, 0.29) is 5.82 Å². The molecule has 1 heterocycles. The first-order valence-electron chi connectivity index (χ1n) is 7.71. The van der Waals surface area contributed by atoms with Gasteiger partial charge in [0.15, 0.2) is 11.7 Å². The monoisotopic (exact) mass is 335 g/mol. The summed E-state index contributed by atoms with van der Waals surface area (Å²) < 4.78 is 5.47. The smallest absolute Gasteiger partial charge is 0.250 e. The number of carbonyl (C=O) groups excluding carboxylic acids is 2. The number of rotatable bonds is 7.